The van der Waals surface area contributed by atoms with Crippen molar-refractivity contribution in [2.45, 2.75) is 0 Å². The minimum Gasteiger partial charge on any atom is 0 e. The Kier molecular flexibility index (Phi) is 147. The standard InChI is InChI=1S/2Al.Ti.Zn.6H. The van der Waals surface area contributed by atoms with E-state index in [-0.39, 0.29) is 75.9 Å². The molecule has 0 saturated heterocycles. The van der Waals surface area contributed by atoms with Crippen LogP contribution in [0.4, 0.5) is 0 Å². The Balaban J connectivity index is 0. The van der Waals surface area contributed by atoms with Crippen molar-refractivity contribution in [1.82, 2.24) is 0 Å². The van der Waals surface area contributed by atoms with Crippen LogP contribution in [0.15, 0.2) is 0 Å². The maximum absolute atomic E-state index is 0. The van der Waals surface area contributed by atoms with Gasteiger partial charge in [0.15, 0.2) is 34.7 Å². The maximum Gasteiger partial charge on any atom is 0.187 e. The predicted octanol–water partition coefficient (Wildman–Crippen LogP) is -2.37. The first kappa shape index (κ1) is 32.4. The summed E-state index contributed by atoms with van der Waals surface area (Å²) in [4.78, 5) is 0. The molecule has 0 aliphatic rings. The molecule has 0 nitrogen and oxygen atoms in total. The molecule has 0 unspecified atom stereocenters. The van der Waals surface area contributed by atoms with Crippen LogP contribution in [0.1, 0.15) is 0 Å². The van der Waals surface area contributed by atoms with Crippen LogP contribution in [-0.4, -0.2) is 34.7 Å². The largest absolute Gasteiger partial charge is 0.187 e. The molecule has 0 aromatic carbocycles. The average Bonchev–Trinajstić information content (AvgIpc) is 0. The molecular weight excluding hydrogens is 167 g/mol. The third kappa shape index (κ3) is 8.83. The van der Waals surface area contributed by atoms with Crippen LogP contribution >= 0.6 is 0 Å². The van der Waals surface area contributed by atoms with Gasteiger partial charge in [-0.2, -0.15) is 0 Å². The molecule has 4 heteroatoms. The number of hydrogen-bond acceptors (Lipinski definition) is 0. The Morgan fingerprint density at radius 1 is 0.750 bits per heavy atom. The predicted molar refractivity (Wildman–Crippen MR) is 19.9 cm³/mol. The van der Waals surface area contributed by atoms with Gasteiger partial charge in [0.1, 0.15) is 0 Å². The second kappa shape index (κ2) is 18.1. The first-order valence-corrected chi connectivity index (χ1v) is 0. The molecule has 0 N–H and O–H groups in total. The zero-order valence-corrected chi connectivity index (χ0v) is 5.74. The van der Waals surface area contributed by atoms with Gasteiger partial charge in [0.05, 0.1) is 0 Å². The first-order chi connectivity index (χ1) is 0. The monoisotopic (exact) mass is 172 g/mol. The molecule has 0 spiro atoms. The summed E-state index contributed by atoms with van der Waals surface area (Å²) in [5.41, 5.74) is 0. The SMILES string of the molecule is [AlH3].[AlH3].[Ti].[Zn]. The van der Waals surface area contributed by atoms with Crippen LogP contribution in [0.3, 0.4) is 0 Å². The fourth-order valence-electron chi connectivity index (χ4n) is 0. The molecule has 0 fully saturated rings. The van der Waals surface area contributed by atoms with Crippen molar-refractivity contribution in [3.05, 3.63) is 0 Å². The second-order valence-corrected chi connectivity index (χ2v) is 0. The molecule has 0 aliphatic heterocycles. The van der Waals surface area contributed by atoms with Gasteiger partial charge in [-0.3, -0.25) is 0 Å². The van der Waals surface area contributed by atoms with Crippen molar-refractivity contribution in [3.63, 3.8) is 0 Å². The van der Waals surface area contributed by atoms with Gasteiger partial charge in [-0.25, -0.2) is 0 Å². The summed E-state index contributed by atoms with van der Waals surface area (Å²) < 4.78 is 0. The van der Waals surface area contributed by atoms with Crippen LogP contribution in [-0.2, 0) is 41.2 Å². The molecule has 4 heavy (non-hydrogen) atoms. The third-order valence-electron chi connectivity index (χ3n) is 0. The van der Waals surface area contributed by atoms with E-state index in [1.165, 1.54) is 0 Å². The summed E-state index contributed by atoms with van der Waals surface area (Å²) in [6.07, 6.45) is 0. The molecule has 0 bridgehead atoms. The summed E-state index contributed by atoms with van der Waals surface area (Å²) in [6.45, 7) is 0. The Morgan fingerprint density at radius 3 is 0.750 bits per heavy atom. The van der Waals surface area contributed by atoms with Gasteiger partial charge in [-0.1, -0.05) is 0 Å². The summed E-state index contributed by atoms with van der Waals surface area (Å²) in [6, 6.07) is 0. The molecular formula is H6Al2TiZn. The van der Waals surface area contributed by atoms with E-state index in [4.69, 9.17) is 0 Å². The molecule has 0 atom stereocenters. The molecule has 18 valence electrons. The molecule has 0 aromatic heterocycles. The summed E-state index contributed by atoms with van der Waals surface area (Å²) in [5, 5.41) is 0. The average molecular weight is 173 g/mol. The number of rotatable bonds is 0. The Hall–Kier alpha value is 2.40. The third-order valence-corrected chi connectivity index (χ3v) is 0. The van der Waals surface area contributed by atoms with Gasteiger partial charge in [0.25, 0.3) is 0 Å². The van der Waals surface area contributed by atoms with Crippen LogP contribution in [0.2, 0.25) is 0 Å². The zero-order chi connectivity index (χ0) is 0. The normalized spacial score (nSPS) is 0. The van der Waals surface area contributed by atoms with Crippen LogP contribution in [0.5, 0.6) is 0 Å². The smallest absolute Gasteiger partial charge is 0 e. The molecule has 0 aliphatic carbocycles. The van der Waals surface area contributed by atoms with Crippen LogP contribution in [0.25, 0.3) is 0 Å². The molecule has 0 amide bonds. The van der Waals surface area contributed by atoms with E-state index >= 15 is 0 Å². The second-order valence-electron chi connectivity index (χ2n) is 0. The van der Waals surface area contributed by atoms with Gasteiger partial charge in [-0.05, 0) is 0 Å². The summed E-state index contributed by atoms with van der Waals surface area (Å²) in [7, 11) is 0. The van der Waals surface area contributed by atoms with Crippen molar-refractivity contribution in [1.29, 1.82) is 0 Å². The Labute approximate surface area is 75.0 Å². The van der Waals surface area contributed by atoms with E-state index in [1.807, 2.05) is 0 Å². The van der Waals surface area contributed by atoms with Gasteiger partial charge < -0.3 is 0 Å². The fourth-order valence-corrected chi connectivity index (χ4v) is 0. The van der Waals surface area contributed by atoms with Gasteiger partial charge in [-0.15, -0.1) is 0 Å². The summed E-state index contributed by atoms with van der Waals surface area (Å²) >= 11 is 0. The van der Waals surface area contributed by atoms with Crippen molar-refractivity contribution in [3.8, 4) is 0 Å². The first-order valence-electron chi connectivity index (χ1n) is 0. The van der Waals surface area contributed by atoms with E-state index < -0.39 is 0 Å². The molecule has 0 rings (SSSR count). The van der Waals surface area contributed by atoms with E-state index in [0.29, 0.717) is 0 Å². The maximum atomic E-state index is 0. The van der Waals surface area contributed by atoms with Crippen molar-refractivity contribution >= 4 is 34.7 Å². The van der Waals surface area contributed by atoms with Gasteiger partial charge >= 0.3 is 0 Å². The topological polar surface area (TPSA) is 0 Å². The van der Waals surface area contributed by atoms with Crippen molar-refractivity contribution < 1.29 is 41.2 Å². The van der Waals surface area contributed by atoms with Crippen molar-refractivity contribution in [2.75, 3.05) is 0 Å². The minimum atomic E-state index is 0. The number of hydrogen-bond donors (Lipinski definition) is 0. The van der Waals surface area contributed by atoms with Crippen LogP contribution < -0.4 is 0 Å². The Bertz CT molecular complexity index is 6.00. The van der Waals surface area contributed by atoms with E-state index in [9.17, 15) is 0 Å². The Morgan fingerprint density at radius 2 is 0.750 bits per heavy atom. The quantitative estimate of drug-likeness (QED) is 0.359. The van der Waals surface area contributed by atoms with Gasteiger partial charge in [0.2, 0.25) is 0 Å². The summed E-state index contributed by atoms with van der Waals surface area (Å²) in [5.74, 6) is 0. The molecule has 0 aromatic rings. The minimum absolute atomic E-state index is 0. The zero-order valence-electron chi connectivity index (χ0n) is 1.21. The molecule has 0 heterocycles. The molecule has 0 saturated carbocycles. The van der Waals surface area contributed by atoms with Crippen molar-refractivity contribution in [2.24, 2.45) is 0 Å². The van der Waals surface area contributed by atoms with E-state index in [0.717, 1.165) is 0 Å². The van der Waals surface area contributed by atoms with Crippen LogP contribution in [0, 0.1) is 0 Å². The fraction of sp³-hybridized carbons (Fsp3) is 0. The van der Waals surface area contributed by atoms with E-state index in [1.54, 1.807) is 0 Å². The van der Waals surface area contributed by atoms with Gasteiger partial charge in [0, 0.05) is 41.2 Å². The van der Waals surface area contributed by atoms with E-state index in [2.05, 4.69) is 0 Å². The molecule has 0 radical (unpaired) electrons.